The fraction of sp³-hybridized carbons (Fsp3) is 0.920. The Morgan fingerprint density at radius 3 is 2.74 bits per heavy atom. The predicted octanol–water partition coefficient (Wildman–Crippen LogP) is 6.50. The first-order valence-corrected chi connectivity index (χ1v) is 12.0. The largest absolute Gasteiger partial charge is 0.346 e. The molecule has 0 N–H and O–H groups in total. The number of fused-ring (bicyclic) bond motifs is 8. The van der Waals surface area contributed by atoms with E-state index in [1.807, 2.05) is 0 Å². The lowest BCUT2D eigenvalue weighted by Crippen LogP contribution is -2.62. The maximum atomic E-state index is 6.81. The van der Waals surface area contributed by atoms with Gasteiger partial charge in [0.05, 0.1) is 12.2 Å². The highest BCUT2D eigenvalue weighted by Crippen LogP contribution is 2.69. The average molecular weight is 373 g/mol. The molecule has 2 nitrogen and oxygen atoms in total. The summed E-state index contributed by atoms with van der Waals surface area (Å²) in [4.78, 5) is 0. The third kappa shape index (κ3) is 2.44. The van der Waals surface area contributed by atoms with Crippen LogP contribution in [0.1, 0.15) is 91.9 Å². The van der Waals surface area contributed by atoms with Crippen LogP contribution >= 0.6 is 0 Å². The Morgan fingerprint density at radius 2 is 1.96 bits per heavy atom. The monoisotopic (exact) mass is 372 g/mol. The second-order valence-electron chi connectivity index (χ2n) is 10.8. The highest BCUT2D eigenvalue weighted by Gasteiger charge is 2.68. The lowest BCUT2D eigenvalue weighted by Gasteiger charge is -2.61. The normalized spacial score (nSPS) is 53.9. The molecule has 4 fully saturated rings. The molecular weight excluding hydrogens is 332 g/mol. The van der Waals surface area contributed by atoms with Crippen LogP contribution in [-0.4, -0.2) is 18.5 Å². The van der Waals surface area contributed by atoms with Gasteiger partial charge in [-0.05, 0) is 80.5 Å². The van der Waals surface area contributed by atoms with Gasteiger partial charge in [-0.15, -0.1) is 0 Å². The molecular formula is C25H40O2. The third-order valence-electron chi connectivity index (χ3n) is 9.88. The molecule has 0 spiro atoms. The Labute approximate surface area is 166 Å². The summed E-state index contributed by atoms with van der Waals surface area (Å²) in [7, 11) is 0. The molecule has 0 amide bonds. The molecule has 0 aromatic carbocycles. The number of hydrogen-bond acceptors (Lipinski definition) is 2. The summed E-state index contributed by atoms with van der Waals surface area (Å²) in [6.07, 6.45) is 16.4. The molecule has 4 aliphatic carbocycles. The summed E-state index contributed by atoms with van der Waals surface area (Å²) in [6.45, 7) is 9.86. The van der Waals surface area contributed by atoms with Crippen LogP contribution in [-0.2, 0) is 9.47 Å². The molecule has 1 saturated heterocycles. The summed E-state index contributed by atoms with van der Waals surface area (Å²) in [5.74, 6) is 3.18. The number of hydrogen-bond donors (Lipinski definition) is 0. The molecule has 0 bridgehead atoms. The Bertz CT molecular complexity index is 611. The van der Waals surface area contributed by atoms with Crippen molar-refractivity contribution in [1.29, 1.82) is 0 Å². The van der Waals surface area contributed by atoms with Crippen molar-refractivity contribution in [2.24, 2.45) is 34.5 Å². The number of allylic oxidation sites excluding steroid dienone is 2. The number of ether oxygens (including phenoxy) is 2. The SMILES string of the molecule is CCCC1OC2[C@@H](O1)[C@H]1[C@@H](CCC3=CCCC[C@@]31C)[C@@H]1CC[C@H](CC)[C@@]21C. The van der Waals surface area contributed by atoms with Crippen molar-refractivity contribution in [2.45, 2.75) is 110 Å². The Morgan fingerprint density at radius 1 is 1.11 bits per heavy atom. The lowest BCUT2D eigenvalue weighted by atomic mass is 9.45. The predicted molar refractivity (Wildman–Crippen MR) is 109 cm³/mol. The first-order valence-electron chi connectivity index (χ1n) is 12.0. The van der Waals surface area contributed by atoms with Crippen molar-refractivity contribution in [3.05, 3.63) is 11.6 Å². The maximum Gasteiger partial charge on any atom is 0.158 e. The zero-order valence-electron chi connectivity index (χ0n) is 18.0. The minimum absolute atomic E-state index is 0.0425. The second kappa shape index (κ2) is 6.59. The Balaban J connectivity index is 1.58. The summed E-state index contributed by atoms with van der Waals surface area (Å²) in [6, 6.07) is 0. The van der Waals surface area contributed by atoms with Crippen LogP contribution in [0.5, 0.6) is 0 Å². The molecule has 2 unspecified atom stereocenters. The van der Waals surface area contributed by atoms with Gasteiger partial charge in [-0.2, -0.15) is 0 Å². The van der Waals surface area contributed by atoms with Crippen molar-refractivity contribution in [3.63, 3.8) is 0 Å². The molecule has 5 rings (SSSR count). The van der Waals surface area contributed by atoms with Crippen LogP contribution in [0.4, 0.5) is 0 Å². The maximum absolute atomic E-state index is 6.81. The van der Waals surface area contributed by atoms with E-state index < -0.39 is 0 Å². The van der Waals surface area contributed by atoms with E-state index in [1.54, 1.807) is 5.57 Å². The zero-order chi connectivity index (χ0) is 18.8. The molecule has 0 aromatic heterocycles. The molecule has 3 saturated carbocycles. The molecule has 1 aliphatic heterocycles. The van der Waals surface area contributed by atoms with Gasteiger partial charge in [0.15, 0.2) is 6.29 Å². The smallest absolute Gasteiger partial charge is 0.158 e. The van der Waals surface area contributed by atoms with Crippen molar-refractivity contribution in [2.75, 3.05) is 0 Å². The van der Waals surface area contributed by atoms with Gasteiger partial charge in [0.2, 0.25) is 0 Å². The minimum Gasteiger partial charge on any atom is -0.346 e. The summed E-state index contributed by atoms with van der Waals surface area (Å²) in [5, 5.41) is 0. The second-order valence-corrected chi connectivity index (χ2v) is 10.8. The fourth-order valence-corrected chi connectivity index (χ4v) is 8.67. The van der Waals surface area contributed by atoms with Gasteiger partial charge in [-0.1, -0.05) is 52.2 Å². The van der Waals surface area contributed by atoms with E-state index in [4.69, 9.17) is 9.47 Å². The van der Waals surface area contributed by atoms with Gasteiger partial charge >= 0.3 is 0 Å². The fourth-order valence-electron chi connectivity index (χ4n) is 8.67. The van der Waals surface area contributed by atoms with Gasteiger partial charge in [-0.3, -0.25) is 0 Å². The first kappa shape index (κ1) is 18.7. The molecule has 9 atom stereocenters. The lowest BCUT2D eigenvalue weighted by molar-refractivity contribution is -0.155. The van der Waals surface area contributed by atoms with E-state index in [9.17, 15) is 0 Å². The molecule has 152 valence electrons. The van der Waals surface area contributed by atoms with Gasteiger partial charge in [0, 0.05) is 5.41 Å². The van der Waals surface area contributed by atoms with Crippen LogP contribution in [0, 0.1) is 34.5 Å². The molecule has 0 radical (unpaired) electrons. The van der Waals surface area contributed by atoms with Crippen molar-refractivity contribution in [3.8, 4) is 0 Å². The van der Waals surface area contributed by atoms with E-state index in [2.05, 4.69) is 33.8 Å². The summed E-state index contributed by atoms with van der Waals surface area (Å²) < 4.78 is 13.6. The van der Waals surface area contributed by atoms with Gasteiger partial charge < -0.3 is 9.47 Å². The standard InChI is InChI=1S/C25H40O2/c1-5-9-20-26-22-21-18(13-11-17-10-7-8-15-24(17,21)3)19-14-12-16(6-2)25(19,4)23(22)27-20/h10,16,18-23H,5-9,11-15H2,1-4H3/t16-,18-,19-,20?,21+,22-,23?,24-,25+/m0/s1. The van der Waals surface area contributed by atoms with Crippen LogP contribution in [0.25, 0.3) is 0 Å². The first-order chi connectivity index (χ1) is 13.0. The van der Waals surface area contributed by atoms with Crippen LogP contribution in [0.2, 0.25) is 0 Å². The quantitative estimate of drug-likeness (QED) is 0.527. The van der Waals surface area contributed by atoms with Crippen LogP contribution in [0.3, 0.4) is 0 Å². The number of rotatable bonds is 3. The van der Waals surface area contributed by atoms with Gasteiger partial charge in [0.1, 0.15) is 0 Å². The van der Waals surface area contributed by atoms with Gasteiger partial charge in [-0.25, -0.2) is 0 Å². The van der Waals surface area contributed by atoms with Crippen molar-refractivity contribution in [1.82, 2.24) is 0 Å². The van der Waals surface area contributed by atoms with Crippen LogP contribution < -0.4 is 0 Å². The molecule has 1 heterocycles. The van der Waals surface area contributed by atoms with E-state index in [-0.39, 0.29) is 6.29 Å². The molecule has 5 aliphatic rings. The topological polar surface area (TPSA) is 18.5 Å². The zero-order valence-corrected chi connectivity index (χ0v) is 18.0. The van der Waals surface area contributed by atoms with E-state index in [0.717, 1.165) is 30.6 Å². The summed E-state index contributed by atoms with van der Waals surface area (Å²) >= 11 is 0. The van der Waals surface area contributed by atoms with Gasteiger partial charge in [0.25, 0.3) is 0 Å². The van der Waals surface area contributed by atoms with E-state index >= 15 is 0 Å². The molecule has 27 heavy (non-hydrogen) atoms. The van der Waals surface area contributed by atoms with Crippen molar-refractivity contribution >= 4 is 0 Å². The Kier molecular flexibility index (Phi) is 4.56. The Hall–Kier alpha value is -0.340. The van der Waals surface area contributed by atoms with Crippen molar-refractivity contribution < 1.29 is 9.47 Å². The van der Waals surface area contributed by atoms with Crippen LogP contribution in [0.15, 0.2) is 11.6 Å². The molecule has 0 aromatic rings. The third-order valence-corrected chi connectivity index (χ3v) is 9.88. The van der Waals surface area contributed by atoms with E-state index in [1.165, 1.54) is 51.4 Å². The highest BCUT2D eigenvalue weighted by molar-refractivity contribution is 5.27. The minimum atomic E-state index is 0.0425. The highest BCUT2D eigenvalue weighted by atomic mass is 16.7. The van der Waals surface area contributed by atoms with E-state index in [0.29, 0.717) is 29.0 Å². The average Bonchev–Trinajstić information content (AvgIpc) is 3.22. The molecule has 2 heteroatoms. The summed E-state index contributed by atoms with van der Waals surface area (Å²) in [5.41, 5.74) is 2.46.